The smallest absolute Gasteiger partial charge is 0.253 e. The SMILES string of the molecule is CCCN(CCC)C(O)C1=Cc2ccc(-c3ccc(C(=O)N(C)C)cc3)cc2N=C(N)C1. The number of aliphatic hydroxyl groups excluding tert-OH is 1. The first-order valence-corrected chi connectivity index (χ1v) is 11.3. The van der Waals surface area contributed by atoms with Crippen LogP contribution in [0, 0.1) is 0 Å². The second-order valence-corrected chi connectivity index (χ2v) is 8.46. The zero-order chi connectivity index (χ0) is 23.3. The number of carbonyl (C=O) groups is 1. The van der Waals surface area contributed by atoms with Crippen LogP contribution in [0.15, 0.2) is 53.0 Å². The first-order chi connectivity index (χ1) is 15.3. The molecule has 1 heterocycles. The van der Waals surface area contributed by atoms with Gasteiger partial charge in [-0.25, -0.2) is 4.99 Å². The normalized spacial score (nSPS) is 14.3. The summed E-state index contributed by atoms with van der Waals surface area (Å²) >= 11 is 0. The lowest BCUT2D eigenvalue weighted by molar-refractivity contribution is 0.0323. The molecule has 2 aromatic carbocycles. The topological polar surface area (TPSA) is 82.2 Å². The van der Waals surface area contributed by atoms with Crippen LogP contribution >= 0.6 is 0 Å². The molecule has 6 nitrogen and oxygen atoms in total. The van der Waals surface area contributed by atoms with Crippen molar-refractivity contribution >= 4 is 23.5 Å². The highest BCUT2D eigenvalue weighted by atomic mass is 16.3. The monoisotopic (exact) mass is 434 g/mol. The summed E-state index contributed by atoms with van der Waals surface area (Å²) in [5.74, 6) is 0.471. The molecule has 0 radical (unpaired) electrons. The molecule has 1 unspecified atom stereocenters. The Bertz CT molecular complexity index is 1000. The summed E-state index contributed by atoms with van der Waals surface area (Å²) in [5.41, 5.74) is 11.5. The minimum Gasteiger partial charge on any atom is -0.387 e. The Balaban J connectivity index is 1.91. The van der Waals surface area contributed by atoms with E-state index in [4.69, 9.17) is 5.73 Å². The van der Waals surface area contributed by atoms with Crippen LogP contribution in [0.3, 0.4) is 0 Å². The number of amides is 1. The van der Waals surface area contributed by atoms with Crippen LogP contribution < -0.4 is 5.73 Å². The van der Waals surface area contributed by atoms with Gasteiger partial charge in [-0.2, -0.15) is 0 Å². The average Bonchev–Trinajstić information content (AvgIpc) is 2.95. The molecular formula is C26H34N4O2. The standard InChI is InChI=1S/C26H34N4O2/c1-5-13-30(14-6-2)26(32)22-15-21-12-11-20(16-23(21)28-24(27)17-22)18-7-9-19(10-8-18)25(31)29(3)4/h7-12,15-16,26,32H,5-6,13-14,17H2,1-4H3,(H2,27,28). The molecule has 6 heteroatoms. The molecule has 0 aromatic heterocycles. The highest BCUT2D eigenvalue weighted by Crippen LogP contribution is 2.33. The van der Waals surface area contributed by atoms with Gasteiger partial charge in [0.2, 0.25) is 0 Å². The van der Waals surface area contributed by atoms with Gasteiger partial charge < -0.3 is 15.7 Å². The summed E-state index contributed by atoms with van der Waals surface area (Å²) in [6, 6.07) is 13.6. The second kappa shape index (κ2) is 10.6. The Labute approximate surface area is 191 Å². The van der Waals surface area contributed by atoms with Crippen LogP contribution in [-0.2, 0) is 0 Å². The lowest BCUT2D eigenvalue weighted by Gasteiger charge is -2.28. The van der Waals surface area contributed by atoms with Crippen molar-refractivity contribution in [3.8, 4) is 11.1 Å². The van der Waals surface area contributed by atoms with Gasteiger partial charge in [-0.15, -0.1) is 0 Å². The Morgan fingerprint density at radius 3 is 2.28 bits per heavy atom. The zero-order valence-electron chi connectivity index (χ0n) is 19.5. The summed E-state index contributed by atoms with van der Waals surface area (Å²) < 4.78 is 0. The maximum absolute atomic E-state index is 12.1. The van der Waals surface area contributed by atoms with Crippen molar-refractivity contribution < 1.29 is 9.90 Å². The molecule has 3 N–H and O–H groups in total. The Morgan fingerprint density at radius 2 is 1.69 bits per heavy atom. The van der Waals surface area contributed by atoms with Gasteiger partial charge in [-0.3, -0.25) is 9.69 Å². The highest BCUT2D eigenvalue weighted by Gasteiger charge is 2.22. The van der Waals surface area contributed by atoms with Crippen molar-refractivity contribution in [2.45, 2.75) is 39.3 Å². The number of benzene rings is 2. The Kier molecular flexibility index (Phi) is 7.83. The summed E-state index contributed by atoms with van der Waals surface area (Å²) in [6.45, 7) is 5.90. The van der Waals surface area contributed by atoms with E-state index in [0.717, 1.165) is 53.9 Å². The Morgan fingerprint density at radius 1 is 1.06 bits per heavy atom. The second-order valence-electron chi connectivity index (χ2n) is 8.46. The first-order valence-electron chi connectivity index (χ1n) is 11.3. The average molecular weight is 435 g/mol. The third-order valence-corrected chi connectivity index (χ3v) is 5.59. The van der Waals surface area contributed by atoms with E-state index in [1.807, 2.05) is 48.5 Å². The number of hydrogen-bond donors (Lipinski definition) is 2. The van der Waals surface area contributed by atoms with E-state index in [0.29, 0.717) is 17.8 Å². The van der Waals surface area contributed by atoms with Gasteiger partial charge in [0.25, 0.3) is 5.91 Å². The van der Waals surface area contributed by atoms with E-state index in [9.17, 15) is 9.90 Å². The van der Waals surface area contributed by atoms with E-state index in [1.165, 1.54) is 0 Å². The predicted octanol–water partition coefficient (Wildman–Crippen LogP) is 4.27. The van der Waals surface area contributed by atoms with Gasteiger partial charge in [-0.05, 0) is 53.8 Å². The fourth-order valence-corrected chi connectivity index (χ4v) is 3.99. The fraction of sp³-hybridized carbons (Fsp3) is 0.385. The predicted molar refractivity (Wildman–Crippen MR) is 132 cm³/mol. The molecule has 32 heavy (non-hydrogen) atoms. The summed E-state index contributed by atoms with van der Waals surface area (Å²) in [4.78, 5) is 20.4. The zero-order valence-corrected chi connectivity index (χ0v) is 19.5. The molecule has 0 spiro atoms. The van der Waals surface area contributed by atoms with Gasteiger partial charge in [-0.1, -0.05) is 38.1 Å². The van der Waals surface area contributed by atoms with E-state index < -0.39 is 6.23 Å². The van der Waals surface area contributed by atoms with Crippen LogP contribution in [-0.4, -0.2) is 60.1 Å². The van der Waals surface area contributed by atoms with E-state index in [1.54, 1.807) is 19.0 Å². The van der Waals surface area contributed by atoms with Gasteiger partial charge in [0.05, 0.1) is 5.69 Å². The maximum Gasteiger partial charge on any atom is 0.253 e. The molecule has 3 rings (SSSR count). The molecule has 0 fully saturated rings. The third-order valence-electron chi connectivity index (χ3n) is 5.59. The first kappa shape index (κ1) is 23.7. The minimum absolute atomic E-state index is 0.0210. The molecule has 0 aliphatic carbocycles. The number of nitrogens with zero attached hydrogens (tertiary/aromatic N) is 3. The molecule has 170 valence electrons. The number of aliphatic hydroxyl groups is 1. The highest BCUT2D eigenvalue weighted by molar-refractivity contribution is 5.94. The van der Waals surface area contributed by atoms with Crippen molar-refractivity contribution in [1.82, 2.24) is 9.80 Å². The van der Waals surface area contributed by atoms with Crippen molar-refractivity contribution in [3.05, 3.63) is 59.2 Å². The van der Waals surface area contributed by atoms with Crippen LogP contribution in [0.2, 0.25) is 0 Å². The molecule has 0 saturated carbocycles. The van der Waals surface area contributed by atoms with Crippen LogP contribution in [0.4, 0.5) is 5.69 Å². The Hall–Kier alpha value is -2.96. The van der Waals surface area contributed by atoms with Gasteiger partial charge in [0, 0.05) is 44.7 Å². The van der Waals surface area contributed by atoms with Crippen molar-refractivity contribution in [1.29, 1.82) is 0 Å². The van der Waals surface area contributed by atoms with Crippen molar-refractivity contribution in [3.63, 3.8) is 0 Å². The van der Waals surface area contributed by atoms with E-state index in [2.05, 4.69) is 23.7 Å². The van der Waals surface area contributed by atoms with Gasteiger partial charge >= 0.3 is 0 Å². The molecule has 1 aliphatic rings. The summed E-state index contributed by atoms with van der Waals surface area (Å²) in [7, 11) is 3.49. The van der Waals surface area contributed by atoms with E-state index in [-0.39, 0.29) is 5.91 Å². The quantitative estimate of drug-likeness (QED) is 0.608. The molecule has 1 aliphatic heterocycles. The lowest BCUT2D eigenvalue weighted by Crippen LogP contribution is -2.38. The van der Waals surface area contributed by atoms with Crippen LogP contribution in [0.25, 0.3) is 17.2 Å². The molecule has 2 aromatic rings. The third kappa shape index (κ3) is 5.44. The lowest BCUT2D eigenvalue weighted by atomic mass is 9.99. The van der Waals surface area contributed by atoms with Crippen molar-refractivity contribution in [2.24, 2.45) is 10.7 Å². The van der Waals surface area contributed by atoms with Crippen molar-refractivity contribution in [2.75, 3.05) is 27.2 Å². The number of aliphatic imine (C=N–C) groups is 1. The van der Waals surface area contributed by atoms with E-state index >= 15 is 0 Å². The minimum atomic E-state index is -0.670. The number of nitrogens with two attached hydrogens (primary N) is 1. The molecule has 0 saturated heterocycles. The number of hydrogen-bond acceptors (Lipinski definition) is 5. The number of amidine groups is 1. The van der Waals surface area contributed by atoms with Gasteiger partial charge in [0.1, 0.15) is 12.1 Å². The van der Waals surface area contributed by atoms with Gasteiger partial charge in [0.15, 0.2) is 0 Å². The molecular weight excluding hydrogens is 400 g/mol. The number of rotatable bonds is 8. The molecule has 1 atom stereocenters. The summed E-state index contributed by atoms with van der Waals surface area (Å²) in [5, 5.41) is 11.0. The largest absolute Gasteiger partial charge is 0.387 e. The summed E-state index contributed by atoms with van der Waals surface area (Å²) in [6.07, 6.45) is 3.75. The van der Waals surface area contributed by atoms with Crippen LogP contribution in [0.5, 0.6) is 0 Å². The van der Waals surface area contributed by atoms with Crippen LogP contribution in [0.1, 0.15) is 49.0 Å². The molecule has 0 bridgehead atoms. The number of fused-ring (bicyclic) bond motifs is 1. The fourth-order valence-electron chi connectivity index (χ4n) is 3.99. The number of carbonyl (C=O) groups excluding carboxylic acids is 1. The molecule has 1 amide bonds. The maximum atomic E-state index is 12.1.